The molecule has 0 amide bonds. The van der Waals surface area contributed by atoms with Gasteiger partial charge in [-0.05, 0) is 54.6 Å². The Hall–Kier alpha value is -3.38. The van der Waals surface area contributed by atoms with Crippen molar-refractivity contribution in [3.63, 3.8) is 0 Å². The van der Waals surface area contributed by atoms with Gasteiger partial charge in [-0.15, -0.1) is 0 Å². The molecule has 2 N–H and O–H groups in total. The van der Waals surface area contributed by atoms with Gasteiger partial charge >= 0.3 is 6.18 Å². The zero-order valence-corrected chi connectivity index (χ0v) is 21.0. The Balaban J connectivity index is 1.52. The Morgan fingerprint density at radius 1 is 1.05 bits per heavy atom. The van der Waals surface area contributed by atoms with E-state index >= 15 is 0 Å². The van der Waals surface area contributed by atoms with Crippen LogP contribution in [0.2, 0.25) is 5.02 Å². The maximum Gasteiger partial charge on any atom is 0.416 e. The number of likely N-dealkylation sites (N-methyl/N-ethyl adjacent to an activating group) is 1. The van der Waals surface area contributed by atoms with Gasteiger partial charge in [0.05, 0.1) is 10.6 Å². The molecule has 4 rings (SSSR count). The number of pyridine rings is 1. The standard InChI is InChI=1S/C28H26ClF3N4O/c1-35-10-12-36(13-11-35)18-23-6-3-20(14-24(23)28(30,31)32)15-26(37)22-7-8-25(29)21(16-22)5-2-19-4-9-27(33)34-17-19/h3-4,6-9,14,16-17H,10-13,15,18H2,1H3,(H2,33,34). The van der Waals surface area contributed by atoms with Crippen molar-refractivity contribution in [2.75, 3.05) is 39.0 Å². The number of Topliss-reactive ketones (excluding diaryl/α,β-unsaturated/α-hetero) is 1. The molecule has 1 aromatic heterocycles. The lowest BCUT2D eigenvalue weighted by Crippen LogP contribution is -2.44. The maximum atomic E-state index is 13.9. The van der Waals surface area contributed by atoms with E-state index < -0.39 is 11.7 Å². The Morgan fingerprint density at radius 3 is 2.49 bits per heavy atom. The van der Waals surface area contributed by atoms with Crippen LogP contribution in [0.3, 0.4) is 0 Å². The summed E-state index contributed by atoms with van der Waals surface area (Å²) in [5, 5.41) is 0.361. The van der Waals surface area contributed by atoms with Crippen molar-refractivity contribution < 1.29 is 18.0 Å². The van der Waals surface area contributed by atoms with Crippen LogP contribution in [0.5, 0.6) is 0 Å². The first-order chi connectivity index (χ1) is 17.6. The number of alkyl halides is 3. The first-order valence-electron chi connectivity index (χ1n) is 11.7. The van der Waals surface area contributed by atoms with Crippen LogP contribution in [0.25, 0.3) is 0 Å². The highest BCUT2D eigenvalue weighted by Crippen LogP contribution is 2.34. The summed E-state index contributed by atoms with van der Waals surface area (Å²) in [7, 11) is 2.00. The van der Waals surface area contributed by atoms with Crippen molar-refractivity contribution in [1.82, 2.24) is 14.8 Å². The molecule has 0 spiro atoms. The predicted molar refractivity (Wildman–Crippen MR) is 138 cm³/mol. The van der Waals surface area contributed by atoms with Crippen LogP contribution >= 0.6 is 11.6 Å². The summed E-state index contributed by atoms with van der Waals surface area (Å²) in [5.74, 6) is 5.88. The summed E-state index contributed by atoms with van der Waals surface area (Å²) in [6.45, 7) is 3.28. The number of nitrogens with zero attached hydrogens (tertiary/aromatic N) is 3. The van der Waals surface area contributed by atoms with E-state index in [-0.39, 0.29) is 24.3 Å². The van der Waals surface area contributed by atoms with Crippen molar-refractivity contribution in [1.29, 1.82) is 0 Å². The largest absolute Gasteiger partial charge is 0.416 e. The number of aromatic nitrogens is 1. The molecule has 0 aliphatic carbocycles. The Morgan fingerprint density at radius 2 is 1.81 bits per heavy atom. The molecule has 192 valence electrons. The van der Waals surface area contributed by atoms with Gasteiger partial charge < -0.3 is 10.6 Å². The number of hydrogen-bond acceptors (Lipinski definition) is 5. The predicted octanol–water partition coefficient (Wildman–Crippen LogP) is 4.91. The molecule has 0 atom stereocenters. The van der Waals surface area contributed by atoms with E-state index in [4.69, 9.17) is 17.3 Å². The van der Waals surface area contributed by atoms with Gasteiger partial charge in [0.1, 0.15) is 5.82 Å². The molecule has 37 heavy (non-hydrogen) atoms. The molecule has 5 nitrogen and oxygen atoms in total. The molecule has 1 fully saturated rings. The van der Waals surface area contributed by atoms with Crippen LogP contribution in [0.15, 0.2) is 54.7 Å². The van der Waals surface area contributed by atoms with Crippen LogP contribution in [0.1, 0.15) is 38.2 Å². The monoisotopic (exact) mass is 526 g/mol. The highest BCUT2D eigenvalue weighted by molar-refractivity contribution is 6.31. The average molecular weight is 527 g/mol. The number of anilines is 1. The molecule has 9 heteroatoms. The molecule has 1 aliphatic heterocycles. The minimum absolute atomic E-state index is 0.172. The summed E-state index contributed by atoms with van der Waals surface area (Å²) < 4.78 is 41.7. The Kier molecular flexibility index (Phi) is 8.18. The summed E-state index contributed by atoms with van der Waals surface area (Å²) in [6, 6.07) is 12.2. The fraction of sp³-hybridized carbons (Fsp3) is 0.286. The number of rotatable bonds is 5. The molecule has 2 aromatic carbocycles. The molecule has 3 aromatic rings. The third kappa shape index (κ3) is 7.10. The average Bonchev–Trinajstić information content (AvgIpc) is 2.86. The van der Waals surface area contributed by atoms with Crippen molar-refractivity contribution in [3.05, 3.63) is 93.1 Å². The van der Waals surface area contributed by atoms with E-state index in [1.165, 1.54) is 12.3 Å². The molecule has 1 saturated heterocycles. The van der Waals surface area contributed by atoms with E-state index in [0.717, 1.165) is 19.2 Å². The summed E-state index contributed by atoms with van der Waals surface area (Å²) in [4.78, 5) is 21.1. The van der Waals surface area contributed by atoms with Crippen molar-refractivity contribution >= 4 is 23.2 Å². The van der Waals surface area contributed by atoms with Gasteiger partial charge in [0.2, 0.25) is 0 Å². The number of carbonyl (C=O) groups is 1. The molecular formula is C28H26ClF3N4O. The first kappa shape index (κ1) is 26.7. The SMILES string of the molecule is CN1CCN(Cc2ccc(CC(=O)c3ccc(Cl)c(C#Cc4ccc(N)nc4)c3)cc2C(F)(F)F)CC1. The van der Waals surface area contributed by atoms with Gasteiger partial charge in [-0.3, -0.25) is 9.69 Å². The van der Waals surface area contributed by atoms with Crippen LogP contribution < -0.4 is 5.73 Å². The smallest absolute Gasteiger partial charge is 0.384 e. The van der Waals surface area contributed by atoms with Gasteiger partial charge in [0, 0.05) is 62.0 Å². The molecule has 1 aliphatic rings. The molecule has 0 saturated carbocycles. The number of nitrogens with two attached hydrogens (primary N) is 1. The lowest BCUT2D eigenvalue weighted by molar-refractivity contribution is -0.138. The topological polar surface area (TPSA) is 62.5 Å². The highest BCUT2D eigenvalue weighted by Gasteiger charge is 2.34. The molecule has 0 radical (unpaired) electrons. The van der Waals surface area contributed by atoms with E-state index in [2.05, 4.69) is 21.7 Å². The van der Waals surface area contributed by atoms with Gasteiger partial charge in [-0.25, -0.2) is 4.98 Å². The van der Waals surface area contributed by atoms with Gasteiger partial charge in [0.25, 0.3) is 0 Å². The zero-order valence-electron chi connectivity index (χ0n) is 20.3. The quantitative estimate of drug-likeness (QED) is 0.378. The maximum absolute atomic E-state index is 13.9. The fourth-order valence-corrected chi connectivity index (χ4v) is 4.25. The number of ketones is 1. The fourth-order valence-electron chi connectivity index (χ4n) is 4.08. The first-order valence-corrected chi connectivity index (χ1v) is 12.1. The van der Waals surface area contributed by atoms with Gasteiger partial charge in [-0.2, -0.15) is 13.2 Å². The summed E-state index contributed by atoms with van der Waals surface area (Å²) in [5.41, 5.74) is 6.77. The normalized spacial score (nSPS) is 14.7. The molecule has 0 unspecified atom stereocenters. The summed E-state index contributed by atoms with van der Waals surface area (Å²) >= 11 is 6.25. The third-order valence-corrected chi connectivity index (χ3v) is 6.58. The number of nitrogen functional groups attached to an aromatic ring is 1. The summed E-state index contributed by atoms with van der Waals surface area (Å²) in [6.07, 6.45) is -3.16. The number of benzene rings is 2. The number of piperazine rings is 1. The molecule has 0 bridgehead atoms. The minimum atomic E-state index is -4.51. The second-order valence-corrected chi connectivity index (χ2v) is 9.49. The molecule has 2 heterocycles. The highest BCUT2D eigenvalue weighted by atomic mass is 35.5. The number of hydrogen-bond donors (Lipinski definition) is 1. The Labute approximate surface area is 219 Å². The number of halogens is 4. The second kappa shape index (κ2) is 11.3. The van der Waals surface area contributed by atoms with Crippen LogP contribution in [0.4, 0.5) is 19.0 Å². The van der Waals surface area contributed by atoms with E-state index in [0.29, 0.717) is 46.2 Å². The van der Waals surface area contributed by atoms with Crippen LogP contribution in [-0.4, -0.2) is 53.8 Å². The van der Waals surface area contributed by atoms with Crippen molar-refractivity contribution in [3.8, 4) is 11.8 Å². The Bertz CT molecular complexity index is 1340. The lowest BCUT2D eigenvalue weighted by Gasteiger charge is -2.33. The van der Waals surface area contributed by atoms with Gasteiger partial charge in [0.15, 0.2) is 5.78 Å². The zero-order chi connectivity index (χ0) is 26.6. The van der Waals surface area contributed by atoms with E-state index in [1.54, 1.807) is 36.4 Å². The lowest BCUT2D eigenvalue weighted by atomic mass is 9.97. The number of carbonyl (C=O) groups excluding carboxylic acids is 1. The van der Waals surface area contributed by atoms with Gasteiger partial charge in [-0.1, -0.05) is 35.6 Å². The second-order valence-electron chi connectivity index (χ2n) is 9.09. The minimum Gasteiger partial charge on any atom is -0.384 e. The van der Waals surface area contributed by atoms with Crippen molar-refractivity contribution in [2.45, 2.75) is 19.1 Å². The van der Waals surface area contributed by atoms with E-state index in [1.807, 2.05) is 11.9 Å². The van der Waals surface area contributed by atoms with Crippen LogP contribution in [0, 0.1) is 11.8 Å². The van der Waals surface area contributed by atoms with E-state index in [9.17, 15) is 18.0 Å². The molecular weight excluding hydrogens is 501 g/mol. The van der Waals surface area contributed by atoms with Crippen LogP contribution in [-0.2, 0) is 19.1 Å². The van der Waals surface area contributed by atoms with Crippen molar-refractivity contribution in [2.24, 2.45) is 0 Å². The third-order valence-electron chi connectivity index (χ3n) is 6.25.